The van der Waals surface area contributed by atoms with Gasteiger partial charge in [-0.2, -0.15) is 5.10 Å². The average molecular weight is 637 g/mol. The molecule has 3 saturated heterocycles. The summed E-state index contributed by atoms with van der Waals surface area (Å²) in [7, 11) is 0. The zero-order valence-corrected chi connectivity index (χ0v) is 27.1. The van der Waals surface area contributed by atoms with E-state index in [-0.39, 0.29) is 17.7 Å². The van der Waals surface area contributed by atoms with Gasteiger partial charge in [-0.25, -0.2) is 9.97 Å². The van der Waals surface area contributed by atoms with Crippen molar-refractivity contribution in [3.05, 3.63) is 66.5 Å². The van der Waals surface area contributed by atoms with Gasteiger partial charge in [0.05, 0.1) is 23.8 Å². The maximum Gasteiger partial charge on any atom is 0.234 e. The molecule has 246 valence electrons. The highest BCUT2D eigenvalue weighted by Crippen LogP contribution is 2.40. The molecule has 0 bridgehead atoms. The molecule has 4 aromatic rings. The highest BCUT2D eigenvalue weighted by Gasteiger charge is 2.30. The average Bonchev–Trinajstić information content (AvgIpc) is 3.60. The summed E-state index contributed by atoms with van der Waals surface area (Å²) in [6.07, 6.45) is 15.5. The lowest BCUT2D eigenvalue weighted by Crippen LogP contribution is -2.54. The van der Waals surface area contributed by atoms with Crippen molar-refractivity contribution in [1.82, 2.24) is 39.3 Å². The van der Waals surface area contributed by atoms with Gasteiger partial charge < -0.3 is 15.1 Å². The van der Waals surface area contributed by atoms with Crippen molar-refractivity contribution < 1.29 is 9.59 Å². The smallest absolute Gasteiger partial charge is 0.234 e. The van der Waals surface area contributed by atoms with Crippen LogP contribution >= 0.6 is 0 Å². The van der Waals surface area contributed by atoms with Gasteiger partial charge >= 0.3 is 0 Å². The van der Waals surface area contributed by atoms with E-state index in [0.717, 1.165) is 81.4 Å². The van der Waals surface area contributed by atoms with Gasteiger partial charge in [-0.3, -0.25) is 28.9 Å². The number of amides is 2. The minimum atomic E-state index is -0.233. The summed E-state index contributed by atoms with van der Waals surface area (Å²) in [4.78, 5) is 40.7. The number of likely N-dealkylation sites (tertiary alicyclic amines) is 1. The number of hydrogen-bond acceptors (Lipinski definition) is 9. The van der Waals surface area contributed by atoms with Crippen molar-refractivity contribution in [1.29, 1.82) is 0 Å². The van der Waals surface area contributed by atoms with E-state index in [1.165, 1.54) is 24.2 Å². The number of nitrogens with one attached hydrogen (secondary N) is 2. The van der Waals surface area contributed by atoms with Crippen LogP contribution in [0.2, 0.25) is 0 Å². The Morgan fingerprint density at radius 3 is 2.53 bits per heavy atom. The number of rotatable bonds is 9. The molecule has 0 spiro atoms. The maximum absolute atomic E-state index is 12.3. The number of anilines is 3. The second-order valence-electron chi connectivity index (χ2n) is 13.8. The molecule has 12 heteroatoms. The van der Waals surface area contributed by atoms with E-state index in [9.17, 15) is 9.59 Å². The van der Waals surface area contributed by atoms with Crippen molar-refractivity contribution in [2.24, 2.45) is 0 Å². The molecule has 1 aliphatic carbocycles. The van der Waals surface area contributed by atoms with E-state index in [0.29, 0.717) is 30.8 Å². The van der Waals surface area contributed by atoms with Crippen LogP contribution in [0.15, 0.2) is 55.2 Å². The number of benzene rings is 1. The molecule has 4 aliphatic rings. The molecule has 3 aliphatic heterocycles. The molecule has 8 rings (SSSR count). The number of hydrogen-bond donors (Lipinski definition) is 2. The standard InChI is InChI=1S/C35H44N10O2/c1-24-22-43(28-6-4-25(5-7-28)30-8-9-32(46)40-35(30)47)19-18-42(24)17-16-41-13-10-29(11-14-41)45-23-27(20-38-45)39-33-34-36-12-15-44(34)31(21-37-33)26-2-3-26/h4-7,12,15,20-21,23-24,26,29-30H,2-3,8-11,13-14,16-19,22H2,1H3,(H,37,39)(H,40,46,47)/t24-,30?/m0/s1. The number of piperazine rings is 1. The molecule has 1 aromatic carbocycles. The monoisotopic (exact) mass is 636 g/mol. The molecule has 2 atom stereocenters. The molecule has 2 N–H and O–H groups in total. The van der Waals surface area contributed by atoms with Gasteiger partial charge in [0.2, 0.25) is 11.8 Å². The van der Waals surface area contributed by atoms with Gasteiger partial charge in [0.1, 0.15) is 0 Å². The third kappa shape index (κ3) is 6.36. The Labute approximate surface area is 275 Å². The number of aromatic nitrogens is 5. The van der Waals surface area contributed by atoms with Crippen LogP contribution in [0, 0.1) is 0 Å². The zero-order chi connectivity index (χ0) is 31.9. The predicted molar refractivity (Wildman–Crippen MR) is 180 cm³/mol. The van der Waals surface area contributed by atoms with E-state index >= 15 is 0 Å². The Hall–Kier alpha value is -4.29. The summed E-state index contributed by atoms with van der Waals surface area (Å²) in [5.41, 5.74) is 5.25. The Bertz CT molecular complexity index is 1740. The van der Waals surface area contributed by atoms with Gasteiger partial charge in [-0.05, 0) is 56.7 Å². The topological polar surface area (TPSA) is 116 Å². The fourth-order valence-corrected chi connectivity index (χ4v) is 7.61. The number of nitrogens with zero attached hydrogens (tertiary/aromatic N) is 8. The van der Waals surface area contributed by atoms with Crippen LogP contribution in [0.1, 0.15) is 74.6 Å². The van der Waals surface area contributed by atoms with Gasteiger partial charge in [-0.1, -0.05) is 12.1 Å². The van der Waals surface area contributed by atoms with E-state index in [1.54, 1.807) is 0 Å². The molecule has 6 heterocycles. The van der Waals surface area contributed by atoms with Gasteiger partial charge in [0.25, 0.3) is 0 Å². The predicted octanol–water partition coefficient (Wildman–Crippen LogP) is 3.91. The van der Waals surface area contributed by atoms with Gasteiger partial charge in [0, 0.05) is 100 Å². The molecular weight excluding hydrogens is 592 g/mol. The summed E-state index contributed by atoms with van der Waals surface area (Å²) in [5, 5.41) is 10.6. The maximum atomic E-state index is 12.3. The fraction of sp³-hybridized carbons (Fsp3) is 0.514. The molecule has 1 saturated carbocycles. The molecule has 47 heavy (non-hydrogen) atoms. The summed E-state index contributed by atoms with van der Waals surface area (Å²) in [5.74, 6) is 0.801. The molecule has 1 unspecified atom stereocenters. The van der Waals surface area contributed by atoms with Crippen LogP contribution in [0.5, 0.6) is 0 Å². The zero-order valence-electron chi connectivity index (χ0n) is 27.1. The first-order valence-electron chi connectivity index (χ1n) is 17.3. The van der Waals surface area contributed by atoms with Crippen molar-refractivity contribution in [2.75, 3.05) is 56.0 Å². The van der Waals surface area contributed by atoms with E-state index in [1.807, 2.05) is 24.8 Å². The van der Waals surface area contributed by atoms with Crippen molar-refractivity contribution in [3.63, 3.8) is 0 Å². The van der Waals surface area contributed by atoms with Crippen LogP contribution in [0.3, 0.4) is 0 Å². The van der Waals surface area contributed by atoms with Crippen LogP contribution < -0.4 is 15.5 Å². The van der Waals surface area contributed by atoms with E-state index < -0.39 is 0 Å². The number of fused-ring (bicyclic) bond motifs is 1. The first-order valence-corrected chi connectivity index (χ1v) is 17.3. The summed E-state index contributed by atoms with van der Waals surface area (Å²) in [6.45, 7) is 9.69. The summed E-state index contributed by atoms with van der Waals surface area (Å²) in [6, 6.07) is 9.24. The third-order valence-corrected chi connectivity index (χ3v) is 10.6. The van der Waals surface area contributed by atoms with Crippen molar-refractivity contribution in [3.8, 4) is 0 Å². The summed E-state index contributed by atoms with van der Waals surface area (Å²) < 4.78 is 4.29. The van der Waals surface area contributed by atoms with Crippen molar-refractivity contribution >= 4 is 34.7 Å². The lowest BCUT2D eigenvalue weighted by atomic mass is 9.90. The largest absolute Gasteiger partial charge is 0.369 e. The highest BCUT2D eigenvalue weighted by atomic mass is 16.2. The number of imidazole rings is 1. The molecule has 2 amide bonds. The Morgan fingerprint density at radius 1 is 0.936 bits per heavy atom. The highest BCUT2D eigenvalue weighted by molar-refractivity contribution is 6.00. The molecule has 12 nitrogen and oxygen atoms in total. The SMILES string of the molecule is C[C@H]1CN(c2ccc(C3CCC(=O)NC3=O)cc2)CCN1CCN1CCC(n2cc(Nc3ncc(C4CC4)n4ccnc34)cn2)CC1. The van der Waals surface area contributed by atoms with Crippen molar-refractivity contribution in [2.45, 2.75) is 69.4 Å². The Morgan fingerprint density at radius 2 is 1.77 bits per heavy atom. The number of carbonyl (C=O) groups is 2. The first-order chi connectivity index (χ1) is 23.0. The van der Waals surface area contributed by atoms with Crippen LogP contribution in [-0.4, -0.2) is 97.6 Å². The van der Waals surface area contributed by atoms with Gasteiger partial charge in [-0.15, -0.1) is 0 Å². The minimum Gasteiger partial charge on any atom is -0.369 e. The van der Waals surface area contributed by atoms with E-state index in [2.05, 4.69) is 76.8 Å². The lowest BCUT2D eigenvalue weighted by Gasteiger charge is -2.42. The third-order valence-electron chi connectivity index (χ3n) is 10.6. The second kappa shape index (κ2) is 12.7. The second-order valence-corrected chi connectivity index (χ2v) is 13.8. The van der Waals surface area contributed by atoms with Crippen LogP contribution in [-0.2, 0) is 9.59 Å². The minimum absolute atomic E-state index is 0.170. The van der Waals surface area contributed by atoms with Gasteiger partial charge in [0.15, 0.2) is 11.5 Å². The van der Waals surface area contributed by atoms with E-state index in [4.69, 9.17) is 10.1 Å². The number of imide groups is 1. The summed E-state index contributed by atoms with van der Waals surface area (Å²) >= 11 is 0. The first kappa shape index (κ1) is 30.1. The molecular formula is C35H44N10O2. The Balaban J connectivity index is 0.790. The molecule has 4 fully saturated rings. The Kier molecular flexibility index (Phi) is 8.14. The molecule has 0 radical (unpaired) electrons. The fourth-order valence-electron chi connectivity index (χ4n) is 7.61. The molecule has 3 aromatic heterocycles. The number of piperidine rings is 2. The normalized spacial score (nSPS) is 23.4. The quantitative estimate of drug-likeness (QED) is 0.264. The van der Waals surface area contributed by atoms with Crippen LogP contribution in [0.25, 0.3) is 5.65 Å². The number of carbonyl (C=O) groups excluding carboxylic acids is 2. The lowest BCUT2D eigenvalue weighted by molar-refractivity contribution is -0.134. The van der Waals surface area contributed by atoms with Crippen LogP contribution in [0.4, 0.5) is 17.2 Å².